The Morgan fingerprint density at radius 1 is 1.08 bits per heavy atom. The Morgan fingerprint density at radius 2 is 1.71 bits per heavy atom. The van der Waals surface area contributed by atoms with Gasteiger partial charge in [0.15, 0.2) is 0 Å². The number of hydrogen-bond acceptors (Lipinski definition) is 2. The van der Waals surface area contributed by atoms with Crippen molar-refractivity contribution in [2.75, 3.05) is 13.1 Å². The molecule has 1 aliphatic carbocycles. The highest BCUT2D eigenvalue weighted by Crippen LogP contribution is 2.33. The SMILES string of the molecule is CC1(C)CN(C(=O)c2ccc(C3CCCCC3)cc2)CCC1N.Cl. The first-order valence-electron chi connectivity index (χ1n) is 9.12. The highest BCUT2D eigenvalue weighted by molar-refractivity contribution is 5.94. The lowest BCUT2D eigenvalue weighted by Crippen LogP contribution is -2.53. The minimum absolute atomic E-state index is 0. The van der Waals surface area contributed by atoms with Gasteiger partial charge in [-0.1, -0.05) is 45.2 Å². The van der Waals surface area contributed by atoms with Crippen LogP contribution in [0, 0.1) is 5.41 Å². The van der Waals surface area contributed by atoms with Crippen molar-refractivity contribution in [3.05, 3.63) is 35.4 Å². The van der Waals surface area contributed by atoms with Crippen molar-refractivity contribution in [1.82, 2.24) is 4.90 Å². The molecule has 134 valence electrons. The largest absolute Gasteiger partial charge is 0.338 e. The lowest BCUT2D eigenvalue weighted by atomic mass is 9.79. The quantitative estimate of drug-likeness (QED) is 0.861. The second-order valence-electron chi connectivity index (χ2n) is 8.07. The molecule has 1 aliphatic heterocycles. The predicted octanol–water partition coefficient (Wildman–Crippen LogP) is 4.36. The molecule has 1 heterocycles. The number of piperidine rings is 1. The highest BCUT2D eigenvalue weighted by atomic mass is 35.5. The van der Waals surface area contributed by atoms with Gasteiger partial charge in [-0.2, -0.15) is 0 Å². The molecule has 1 unspecified atom stereocenters. The summed E-state index contributed by atoms with van der Waals surface area (Å²) >= 11 is 0. The van der Waals surface area contributed by atoms with Gasteiger partial charge in [-0.05, 0) is 48.3 Å². The molecule has 1 saturated carbocycles. The van der Waals surface area contributed by atoms with Crippen LogP contribution in [0.25, 0.3) is 0 Å². The summed E-state index contributed by atoms with van der Waals surface area (Å²) in [6, 6.07) is 8.57. The van der Waals surface area contributed by atoms with Gasteiger partial charge in [0.2, 0.25) is 0 Å². The Morgan fingerprint density at radius 3 is 2.29 bits per heavy atom. The van der Waals surface area contributed by atoms with Crippen LogP contribution in [-0.4, -0.2) is 29.9 Å². The summed E-state index contributed by atoms with van der Waals surface area (Å²) in [5.41, 5.74) is 8.39. The number of nitrogens with two attached hydrogens (primary N) is 1. The normalized spacial score (nSPS) is 24.3. The lowest BCUT2D eigenvalue weighted by Gasteiger charge is -2.42. The number of rotatable bonds is 2. The Kier molecular flexibility index (Phi) is 6.33. The Balaban J connectivity index is 0.00000208. The number of likely N-dealkylation sites (tertiary alicyclic amines) is 1. The number of hydrogen-bond donors (Lipinski definition) is 1. The first-order chi connectivity index (χ1) is 11.0. The Bertz CT molecular complexity index is 549. The molecule has 2 N–H and O–H groups in total. The van der Waals surface area contributed by atoms with Crippen molar-refractivity contribution in [2.24, 2.45) is 11.1 Å². The molecule has 1 amide bonds. The molecule has 1 aromatic rings. The molecule has 3 rings (SSSR count). The van der Waals surface area contributed by atoms with Crippen LogP contribution < -0.4 is 5.73 Å². The van der Waals surface area contributed by atoms with E-state index in [0.29, 0.717) is 5.92 Å². The van der Waals surface area contributed by atoms with Crippen LogP contribution in [0.2, 0.25) is 0 Å². The zero-order chi connectivity index (χ0) is 16.4. The Labute approximate surface area is 152 Å². The summed E-state index contributed by atoms with van der Waals surface area (Å²) in [5.74, 6) is 0.847. The van der Waals surface area contributed by atoms with Crippen LogP contribution in [0.5, 0.6) is 0 Å². The van der Waals surface area contributed by atoms with Gasteiger partial charge < -0.3 is 10.6 Å². The van der Waals surface area contributed by atoms with E-state index in [1.54, 1.807) is 0 Å². The molecule has 0 radical (unpaired) electrons. The van der Waals surface area contributed by atoms with E-state index >= 15 is 0 Å². The molecule has 1 aromatic carbocycles. The number of halogens is 1. The molecule has 2 fully saturated rings. The van der Waals surface area contributed by atoms with Crippen molar-refractivity contribution < 1.29 is 4.79 Å². The maximum Gasteiger partial charge on any atom is 0.253 e. The average molecular weight is 351 g/mol. The number of nitrogens with zero attached hydrogens (tertiary/aromatic N) is 1. The molecule has 2 aliphatic rings. The molecule has 0 spiro atoms. The topological polar surface area (TPSA) is 46.3 Å². The maximum absolute atomic E-state index is 12.8. The summed E-state index contributed by atoms with van der Waals surface area (Å²) in [5, 5.41) is 0. The first kappa shape index (κ1) is 19.3. The van der Waals surface area contributed by atoms with Gasteiger partial charge >= 0.3 is 0 Å². The molecule has 3 nitrogen and oxygen atoms in total. The molecular formula is C20H31ClN2O. The Hall–Kier alpha value is -1.06. The summed E-state index contributed by atoms with van der Waals surface area (Å²) in [6.45, 7) is 5.83. The minimum Gasteiger partial charge on any atom is -0.338 e. The van der Waals surface area contributed by atoms with Crippen LogP contribution in [0.1, 0.15) is 74.2 Å². The second-order valence-corrected chi connectivity index (χ2v) is 8.07. The van der Waals surface area contributed by atoms with E-state index in [9.17, 15) is 4.79 Å². The van der Waals surface area contributed by atoms with E-state index < -0.39 is 0 Å². The lowest BCUT2D eigenvalue weighted by molar-refractivity contribution is 0.0533. The maximum atomic E-state index is 12.8. The number of carbonyl (C=O) groups is 1. The van der Waals surface area contributed by atoms with Gasteiger partial charge in [-0.3, -0.25) is 4.79 Å². The third-order valence-corrected chi connectivity index (χ3v) is 5.83. The van der Waals surface area contributed by atoms with Gasteiger partial charge in [-0.15, -0.1) is 12.4 Å². The van der Waals surface area contributed by atoms with E-state index in [2.05, 4.69) is 26.0 Å². The van der Waals surface area contributed by atoms with Crippen LogP contribution >= 0.6 is 12.4 Å². The molecule has 0 bridgehead atoms. The summed E-state index contributed by atoms with van der Waals surface area (Å²) in [7, 11) is 0. The van der Waals surface area contributed by atoms with Gasteiger partial charge in [-0.25, -0.2) is 0 Å². The molecule has 1 saturated heterocycles. The summed E-state index contributed by atoms with van der Waals surface area (Å²) in [4.78, 5) is 14.7. The van der Waals surface area contributed by atoms with Crippen molar-refractivity contribution in [1.29, 1.82) is 0 Å². The van der Waals surface area contributed by atoms with Crippen molar-refractivity contribution >= 4 is 18.3 Å². The second kappa shape index (κ2) is 7.88. The van der Waals surface area contributed by atoms with E-state index in [1.165, 1.54) is 37.7 Å². The van der Waals surface area contributed by atoms with Crippen LogP contribution in [0.15, 0.2) is 24.3 Å². The smallest absolute Gasteiger partial charge is 0.253 e. The van der Waals surface area contributed by atoms with Gasteiger partial charge in [0.25, 0.3) is 5.91 Å². The molecule has 4 heteroatoms. The van der Waals surface area contributed by atoms with E-state index in [4.69, 9.17) is 5.73 Å². The zero-order valence-electron chi connectivity index (χ0n) is 15.0. The van der Waals surface area contributed by atoms with Gasteiger partial charge in [0.05, 0.1) is 0 Å². The van der Waals surface area contributed by atoms with Crippen molar-refractivity contribution in [3.63, 3.8) is 0 Å². The molecular weight excluding hydrogens is 320 g/mol. The highest BCUT2D eigenvalue weighted by Gasteiger charge is 2.35. The third kappa shape index (κ3) is 4.12. The van der Waals surface area contributed by atoms with E-state index in [-0.39, 0.29) is 29.8 Å². The van der Waals surface area contributed by atoms with Crippen LogP contribution in [-0.2, 0) is 0 Å². The molecule has 24 heavy (non-hydrogen) atoms. The fourth-order valence-electron chi connectivity index (χ4n) is 4.06. The van der Waals surface area contributed by atoms with Gasteiger partial charge in [0.1, 0.15) is 0 Å². The predicted molar refractivity (Wildman–Crippen MR) is 102 cm³/mol. The fourth-order valence-corrected chi connectivity index (χ4v) is 4.06. The number of carbonyl (C=O) groups excluding carboxylic acids is 1. The molecule has 1 atom stereocenters. The fraction of sp³-hybridized carbons (Fsp3) is 0.650. The first-order valence-corrected chi connectivity index (χ1v) is 9.12. The number of benzene rings is 1. The van der Waals surface area contributed by atoms with E-state index in [1.807, 2.05) is 17.0 Å². The van der Waals surface area contributed by atoms with Gasteiger partial charge in [0, 0.05) is 24.7 Å². The number of amides is 1. The monoisotopic (exact) mass is 350 g/mol. The van der Waals surface area contributed by atoms with Crippen LogP contribution in [0.3, 0.4) is 0 Å². The minimum atomic E-state index is -0.00402. The van der Waals surface area contributed by atoms with Crippen LogP contribution in [0.4, 0.5) is 0 Å². The van der Waals surface area contributed by atoms with Crippen molar-refractivity contribution in [2.45, 2.75) is 64.3 Å². The third-order valence-electron chi connectivity index (χ3n) is 5.83. The average Bonchev–Trinajstić information content (AvgIpc) is 2.57. The van der Waals surface area contributed by atoms with E-state index in [0.717, 1.165) is 25.1 Å². The summed E-state index contributed by atoms with van der Waals surface area (Å²) < 4.78 is 0. The van der Waals surface area contributed by atoms with Crippen molar-refractivity contribution in [3.8, 4) is 0 Å². The summed E-state index contributed by atoms with van der Waals surface area (Å²) in [6.07, 6.45) is 7.54. The standard InChI is InChI=1S/C20H30N2O.ClH/c1-20(2)14-22(13-12-18(20)21)19(23)17-10-8-16(9-11-17)15-6-4-3-5-7-15;/h8-11,15,18H,3-7,12-14,21H2,1-2H3;1H. The molecule has 0 aromatic heterocycles. The zero-order valence-corrected chi connectivity index (χ0v) is 15.8.